The molecule has 118 valence electrons. The smallest absolute Gasteiger partial charge is 0.251 e. The molecule has 6 nitrogen and oxygen atoms in total. The average molecular weight is 318 g/mol. The molecule has 0 aliphatic rings. The number of hydrogen-bond donors (Lipinski definition) is 2. The lowest BCUT2D eigenvalue weighted by atomic mass is 10.1. The quantitative estimate of drug-likeness (QED) is 0.759. The van der Waals surface area contributed by atoms with Crippen molar-refractivity contribution in [1.29, 1.82) is 0 Å². The van der Waals surface area contributed by atoms with Gasteiger partial charge in [0, 0.05) is 19.3 Å². The van der Waals surface area contributed by atoms with Gasteiger partial charge in [0.25, 0.3) is 5.91 Å². The highest BCUT2D eigenvalue weighted by molar-refractivity contribution is 6.32. The third-order valence-electron chi connectivity index (χ3n) is 2.88. The van der Waals surface area contributed by atoms with Crippen LogP contribution in [0.4, 0.5) is 0 Å². The predicted octanol–water partition coefficient (Wildman–Crippen LogP) is 1.48. The van der Waals surface area contributed by atoms with Gasteiger partial charge in [-0.25, -0.2) is 0 Å². The predicted molar refractivity (Wildman–Crippen MR) is 79.4 cm³/mol. The molecule has 0 aliphatic carbocycles. The van der Waals surface area contributed by atoms with E-state index in [0.29, 0.717) is 30.1 Å². The summed E-state index contributed by atoms with van der Waals surface area (Å²) in [6, 6.07) is 2.77. The number of carbonyl (C=O) groups excluding carboxylic acids is 1. The van der Waals surface area contributed by atoms with Crippen LogP contribution in [0.1, 0.15) is 16.8 Å². The molecule has 0 radical (unpaired) electrons. The number of ether oxygens (including phenoxy) is 3. The lowest BCUT2D eigenvalue weighted by molar-refractivity contribution is 0.0878. The Morgan fingerprint density at radius 1 is 1.33 bits per heavy atom. The molecule has 1 rings (SSSR count). The molecule has 1 unspecified atom stereocenters. The molecule has 0 aromatic heterocycles. The number of carbonyl (C=O) groups is 1. The van der Waals surface area contributed by atoms with Gasteiger partial charge in [-0.15, -0.1) is 0 Å². The third kappa shape index (κ3) is 4.77. The summed E-state index contributed by atoms with van der Waals surface area (Å²) in [6.45, 7) is 0.272. The number of aliphatic hydroxyl groups is 1. The average Bonchev–Trinajstić information content (AvgIpc) is 2.46. The number of methoxy groups -OCH3 is 3. The number of halogens is 1. The van der Waals surface area contributed by atoms with Crippen LogP contribution in [0.5, 0.6) is 11.5 Å². The molecule has 0 spiro atoms. The van der Waals surface area contributed by atoms with E-state index in [2.05, 4.69) is 5.32 Å². The molecule has 0 saturated heterocycles. The molecule has 7 heteroatoms. The Morgan fingerprint density at radius 3 is 2.57 bits per heavy atom. The minimum atomic E-state index is -0.326. The van der Waals surface area contributed by atoms with Crippen LogP contribution in [0.3, 0.4) is 0 Å². The standard InChI is InChI=1S/C14H20ClNO5/c1-19-8-10(4-5-17)16-14(18)9-6-11(15)13(21-3)12(7-9)20-2/h6-7,10,17H,4-5,8H2,1-3H3,(H,16,18). The molecule has 21 heavy (non-hydrogen) atoms. The van der Waals surface area contributed by atoms with Gasteiger partial charge in [-0.2, -0.15) is 0 Å². The molecule has 1 aromatic carbocycles. The topological polar surface area (TPSA) is 77.0 Å². The summed E-state index contributed by atoms with van der Waals surface area (Å²) in [5, 5.41) is 12.0. The monoisotopic (exact) mass is 317 g/mol. The van der Waals surface area contributed by atoms with Crippen molar-refractivity contribution in [1.82, 2.24) is 5.32 Å². The number of benzene rings is 1. The molecule has 1 atom stereocenters. The molecule has 0 saturated carbocycles. The third-order valence-corrected chi connectivity index (χ3v) is 3.16. The van der Waals surface area contributed by atoms with Gasteiger partial charge in [-0.3, -0.25) is 4.79 Å². The van der Waals surface area contributed by atoms with Crippen LogP contribution < -0.4 is 14.8 Å². The first kappa shape index (κ1) is 17.6. The highest BCUT2D eigenvalue weighted by Crippen LogP contribution is 2.35. The van der Waals surface area contributed by atoms with Crippen molar-refractivity contribution in [3.8, 4) is 11.5 Å². The van der Waals surface area contributed by atoms with Gasteiger partial charge in [0.15, 0.2) is 11.5 Å². The highest BCUT2D eigenvalue weighted by Gasteiger charge is 2.18. The fourth-order valence-corrected chi connectivity index (χ4v) is 2.16. The van der Waals surface area contributed by atoms with Crippen LogP contribution in [-0.4, -0.2) is 51.6 Å². The van der Waals surface area contributed by atoms with Crippen LogP contribution >= 0.6 is 11.6 Å². The Morgan fingerprint density at radius 2 is 2.05 bits per heavy atom. The fourth-order valence-electron chi connectivity index (χ4n) is 1.87. The summed E-state index contributed by atoms with van der Waals surface area (Å²) >= 11 is 6.07. The summed E-state index contributed by atoms with van der Waals surface area (Å²) in [5.74, 6) is 0.425. The first-order chi connectivity index (χ1) is 10.1. The van der Waals surface area contributed by atoms with Crippen molar-refractivity contribution in [3.05, 3.63) is 22.7 Å². The molecule has 1 aromatic rings. The molecule has 0 bridgehead atoms. The Kier molecular flexibility index (Phi) is 7.28. The SMILES string of the molecule is COCC(CCO)NC(=O)c1cc(Cl)c(OC)c(OC)c1. The Balaban J connectivity index is 2.93. The Labute approximate surface area is 129 Å². The van der Waals surface area contributed by atoms with E-state index in [9.17, 15) is 4.79 Å². The van der Waals surface area contributed by atoms with Gasteiger partial charge in [0.05, 0.1) is 31.9 Å². The van der Waals surface area contributed by atoms with Gasteiger partial charge in [-0.1, -0.05) is 11.6 Å². The Bertz CT molecular complexity index is 475. The zero-order chi connectivity index (χ0) is 15.8. The van der Waals surface area contributed by atoms with Gasteiger partial charge in [0.1, 0.15) is 0 Å². The molecular weight excluding hydrogens is 298 g/mol. The first-order valence-electron chi connectivity index (χ1n) is 6.39. The van der Waals surface area contributed by atoms with Crippen molar-refractivity contribution in [2.75, 3.05) is 34.5 Å². The van der Waals surface area contributed by atoms with E-state index in [1.54, 1.807) is 6.07 Å². The van der Waals surface area contributed by atoms with Gasteiger partial charge in [-0.05, 0) is 18.6 Å². The maximum atomic E-state index is 12.2. The lowest BCUT2D eigenvalue weighted by Gasteiger charge is -2.18. The minimum absolute atomic E-state index is 0.0407. The summed E-state index contributed by atoms with van der Waals surface area (Å²) in [7, 11) is 4.47. The minimum Gasteiger partial charge on any atom is -0.493 e. The lowest BCUT2D eigenvalue weighted by Crippen LogP contribution is -2.38. The van der Waals surface area contributed by atoms with Crippen LogP contribution in [0, 0.1) is 0 Å². The summed E-state index contributed by atoms with van der Waals surface area (Å²) in [5.41, 5.74) is 0.344. The van der Waals surface area contributed by atoms with Crippen molar-refractivity contribution < 1.29 is 24.1 Å². The maximum Gasteiger partial charge on any atom is 0.251 e. The molecule has 0 aliphatic heterocycles. The molecular formula is C14H20ClNO5. The second-order valence-electron chi connectivity index (χ2n) is 4.33. The van der Waals surface area contributed by atoms with E-state index < -0.39 is 0 Å². The van der Waals surface area contributed by atoms with E-state index in [-0.39, 0.29) is 23.6 Å². The molecule has 2 N–H and O–H groups in total. The maximum absolute atomic E-state index is 12.2. The fraction of sp³-hybridized carbons (Fsp3) is 0.500. The number of aliphatic hydroxyl groups excluding tert-OH is 1. The van der Waals surface area contributed by atoms with Gasteiger partial charge < -0.3 is 24.6 Å². The van der Waals surface area contributed by atoms with Crippen molar-refractivity contribution in [3.63, 3.8) is 0 Å². The van der Waals surface area contributed by atoms with Crippen LogP contribution in [0.15, 0.2) is 12.1 Å². The highest BCUT2D eigenvalue weighted by atomic mass is 35.5. The summed E-state index contributed by atoms with van der Waals surface area (Å²) in [6.07, 6.45) is 0.403. The zero-order valence-corrected chi connectivity index (χ0v) is 13.1. The van der Waals surface area contributed by atoms with Gasteiger partial charge in [0.2, 0.25) is 0 Å². The van der Waals surface area contributed by atoms with Crippen LogP contribution in [0.2, 0.25) is 5.02 Å². The van der Waals surface area contributed by atoms with E-state index in [1.807, 2.05) is 0 Å². The summed E-state index contributed by atoms with van der Waals surface area (Å²) in [4.78, 5) is 12.2. The van der Waals surface area contributed by atoms with Crippen LogP contribution in [-0.2, 0) is 4.74 Å². The second-order valence-corrected chi connectivity index (χ2v) is 4.74. The second kappa shape index (κ2) is 8.71. The van der Waals surface area contributed by atoms with Crippen LogP contribution in [0.25, 0.3) is 0 Å². The van der Waals surface area contributed by atoms with E-state index >= 15 is 0 Å². The van der Waals surface area contributed by atoms with Gasteiger partial charge >= 0.3 is 0 Å². The van der Waals surface area contributed by atoms with E-state index in [1.165, 1.54) is 27.4 Å². The number of nitrogens with one attached hydrogen (secondary N) is 1. The van der Waals surface area contributed by atoms with Crippen molar-refractivity contribution in [2.45, 2.75) is 12.5 Å². The number of hydrogen-bond acceptors (Lipinski definition) is 5. The number of amides is 1. The molecule has 0 fully saturated rings. The summed E-state index contributed by atoms with van der Waals surface area (Å²) < 4.78 is 15.3. The number of rotatable bonds is 8. The van der Waals surface area contributed by atoms with Crippen molar-refractivity contribution >= 4 is 17.5 Å². The molecule has 1 amide bonds. The first-order valence-corrected chi connectivity index (χ1v) is 6.77. The molecule has 0 heterocycles. The zero-order valence-electron chi connectivity index (χ0n) is 12.3. The largest absolute Gasteiger partial charge is 0.493 e. The van der Waals surface area contributed by atoms with E-state index in [4.69, 9.17) is 30.9 Å². The van der Waals surface area contributed by atoms with E-state index in [0.717, 1.165) is 0 Å². The van der Waals surface area contributed by atoms with Crippen molar-refractivity contribution in [2.24, 2.45) is 0 Å². The normalized spacial score (nSPS) is 11.9. The Hall–Kier alpha value is -1.50.